The molecule has 0 saturated heterocycles. The Kier molecular flexibility index (Phi) is 5.98. The second-order valence-corrected chi connectivity index (χ2v) is 7.70. The molecule has 6 heteroatoms. The molecule has 152 valence electrons. The van der Waals surface area contributed by atoms with Crippen LogP contribution in [0.3, 0.4) is 0 Å². The van der Waals surface area contributed by atoms with E-state index in [0.29, 0.717) is 28.9 Å². The molecule has 0 saturated carbocycles. The van der Waals surface area contributed by atoms with Crippen molar-refractivity contribution in [2.45, 2.75) is 6.54 Å². The minimum absolute atomic E-state index is 0.106. The van der Waals surface area contributed by atoms with Crippen molar-refractivity contribution in [2.24, 2.45) is 0 Å². The minimum atomic E-state index is -0.106. The first-order valence-corrected chi connectivity index (χ1v) is 10.1. The number of halogens is 2. The molecule has 0 aromatic heterocycles. The quantitative estimate of drug-likeness (QED) is 0.347. The van der Waals surface area contributed by atoms with Crippen LogP contribution < -0.4 is 14.4 Å². The third-order valence-electron chi connectivity index (χ3n) is 4.90. The fraction of sp³-hybridized carbons (Fsp3) is 0.125. The van der Waals surface area contributed by atoms with Gasteiger partial charge in [0.05, 0.1) is 7.11 Å². The molecule has 3 aromatic carbocycles. The Labute approximate surface area is 185 Å². The number of methoxy groups -OCH3 is 1. The van der Waals surface area contributed by atoms with E-state index in [1.54, 1.807) is 37.5 Å². The van der Waals surface area contributed by atoms with Crippen LogP contribution in [0.4, 0.5) is 5.69 Å². The number of hydrogen-bond acceptors (Lipinski definition) is 4. The summed E-state index contributed by atoms with van der Waals surface area (Å²) in [6.45, 7) is 1.09. The zero-order chi connectivity index (χ0) is 21.1. The molecule has 1 heterocycles. The molecule has 0 spiro atoms. The molecule has 30 heavy (non-hydrogen) atoms. The summed E-state index contributed by atoms with van der Waals surface area (Å²) in [6.07, 6.45) is 3.21. The fourth-order valence-corrected chi connectivity index (χ4v) is 3.72. The lowest BCUT2D eigenvalue weighted by Gasteiger charge is -2.31. The van der Waals surface area contributed by atoms with Gasteiger partial charge in [-0.25, -0.2) is 0 Å². The van der Waals surface area contributed by atoms with Crippen LogP contribution in [0.1, 0.15) is 21.5 Å². The molecular weight excluding hydrogens is 421 g/mol. The summed E-state index contributed by atoms with van der Waals surface area (Å²) in [7, 11) is 1.64. The van der Waals surface area contributed by atoms with E-state index < -0.39 is 0 Å². The smallest absolute Gasteiger partial charge is 0.185 e. The van der Waals surface area contributed by atoms with Gasteiger partial charge in [0.2, 0.25) is 0 Å². The van der Waals surface area contributed by atoms with E-state index in [9.17, 15) is 4.79 Å². The number of anilines is 1. The van der Waals surface area contributed by atoms with Crippen molar-refractivity contribution in [2.75, 3.05) is 18.7 Å². The van der Waals surface area contributed by atoms with Gasteiger partial charge in [0.25, 0.3) is 0 Å². The van der Waals surface area contributed by atoms with Crippen LogP contribution in [0, 0.1) is 0 Å². The summed E-state index contributed by atoms with van der Waals surface area (Å²) in [5.41, 5.74) is 3.31. The normalized spacial score (nSPS) is 13.1. The van der Waals surface area contributed by atoms with Crippen LogP contribution >= 0.6 is 23.2 Å². The van der Waals surface area contributed by atoms with Crippen LogP contribution in [0.5, 0.6) is 11.5 Å². The Morgan fingerprint density at radius 1 is 1.07 bits per heavy atom. The third-order valence-corrected chi connectivity index (χ3v) is 5.46. The average Bonchev–Trinajstić information content (AvgIpc) is 2.77. The van der Waals surface area contributed by atoms with Crippen LogP contribution in [0.25, 0.3) is 6.08 Å². The number of carbonyl (C=O) groups is 1. The van der Waals surface area contributed by atoms with E-state index in [-0.39, 0.29) is 5.78 Å². The van der Waals surface area contributed by atoms with Crippen molar-refractivity contribution < 1.29 is 14.3 Å². The Balaban J connectivity index is 1.51. The maximum absolute atomic E-state index is 12.7. The molecule has 0 unspecified atom stereocenters. The third kappa shape index (κ3) is 4.45. The van der Waals surface area contributed by atoms with E-state index in [1.807, 2.05) is 36.4 Å². The summed E-state index contributed by atoms with van der Waals surface area (Å²) in [6, 6.07) is 18.5. The Bertz CT molecular complexity index is 1110. The van der Waals surface area contributed by atoms with Crippen LogP contribution in [-0.4, -0.2) is 19.6 Å². The summed E-state index contributed by atoms with van der Waals surface area (Å²) >= 11 is 12.1. The maximum Gasteiger partial charge on any atom is 0.185 e. The lowest BCUT2D eigenvalue weighted by molar-refractivity contribution is 0.104. The van der Waals surface area contributed by atoms with Gasteiger partial charge >= 0.3 is 0 Å². The average molecular weight is 440 g/mol. The number of allylic oxidation sites excluding steroid dienone is 1. The number of hydrogen-bond donors (Lipinski definition) is 0. The Hall–Kier alpha value is -2.95. The highest BCUT2D eigenvalue weighted by molar-refractivity contribution is 6.35. The molecule has 0 bridgehead atoms. The minimum Gasteiger partial charge on any atom is -0.497 e. The predicted octanol–water partition coefficient (Wildman–Crippen LogP) is 6.25. The number of rotatable bonds is 5. The molecule has 1 aliphatic rings. The number of ketones is 1. The number of fused-ring (bicyclic) bond motifs is 1. The van der Waals surface area contributed by atoms with E-state index in [1.165, 1.54) is 6.08 Å². The van der Waals surface area contributed by atoms with Crippen molar-refractivity contribution in [3.8, 4) is 11.5 Å². The number of carbonyl (C=O) groups excluding carboxylic acids is 1. The van der Waals surface area contributed by atoms with E-state index in [4.69, 9.17) is 32.7 Å². The molecular formula is C24H19Cl2NO3. The van der Waals surface area contributed by atoms with Crippen molar-refractivity contribution in [1.29, 1.82) is 0 Å². The van der Waals surface area contributed by atoms with Gasteiger partial charge in [0.15, 0.2) is 12.5 Å². The molecule has 0 atom stereocenters. The molecule has 1 aliphatic heterocycles. The Morgan fingerprint density at radius 3 is 2.60 bits per heavy atom. The summed E-state index contributed by atoms with van der Waals surface area (Å²) in [5.74, 6) is 1.49. The number of ether oxygens (including phenoxy) is 2. The highest BCUT2D eigenvalue weighted by Gasteiger charge is 2.19. The molecule has 0 N–H and O–H groups in total. The van der Waals surface area contributed by atoms with Gasteiger partial charge in [-0.1, -0.05) is 29.3 Å². The standard InChI is InChI=1S/C24H19Cl2NO3/c1-29-21-8-6-20(7-9-21)27-14-18-12-17(4-11-24(18)30-15-27)23(28)10-3-16-2-5-19(25)13-22(16)26/h2-13H,14-15H2,1H3/b10-3+. The van der Waals surface area contributed by atoms with Crippen LogP contribution in [0.2, 0.25) is 10.0 Å². The van der Waals surface area contributed by atoms with Crippen molar-refractivity contribution in [3.63, 3.8) is 0 Å². The molecule has 0 amide bonds. The van der Waals surface area contributed by atoms with E-state index in [2.05, 4.69) is 4.90 Å². The zero-order valence-corrected chi connectivity index (χ0v) is 17.8. The molecule has 0 aliphatic carbocycles. The lowest BCUT2D eigenvalue weighted by atomic mass is 10.0. The Morgan fingerprint density at radius 2 is 1.87 bits per heavy atom. The van der Waals surface area contributed by atoms with Gasteiger partial charge in [-0.15, -0.1) is 0 Å². The first-order chi connectivity index (χ1) is 14.5. The topological polar surface area (TPSA) is 38.8 Å². The number of nitrogens with zero attached hydrogens (tertiary/aromatic N) is 1. The van der Waals surface area contributed by atoms with E-state index in [0.717, 1.165) is 28.3 Å². The first kappa shape index (κ1) is 20.3. The second kappa shape index (κ2) is 8.82. The molecule has 0 fully saturated rings. The van der Waals surface area contributed by atoms with Crippen LogP contribution in [-0.2, 0) is 6.54 Å². The maximum atomic E-state index is 12.7. The van der Waals surface area contributed by atoms with Gasteiger partial charge in [0.1, 0.15) is 11.5 Å². The lowest BCUT2D eigenvalue weighted by Crippen LogP contribution is -2.31. The fourth-order valence-electron chi connectivity index (χ4n) is 3.25. The van der Waals surface area contributed by atoms with Crippen LogP contribution in [0.15, 0.2) is 66.7 Å². The van der Waals surface area contributed by atoms with Gasteiger partial charge in [-0.05, 0) is 72.3 Å². The van der Waals surface area contributed by atoms with Gasteiger partial charge in [-0.2, -0.15) is 0 Å². The molecule has 3 aromatic rings. The van der Waals surface area contributed by atoms with Crippen molar-refractivity contribution >= 4 is 40.7 Å². The molecule has 4 nitrogen and oxygen atoms in total. The monoisotopic (exact) mass is 439 g/mol. The molecule has 0 radical (unpaired) electrons. The summed E-state index contributed by atoms with van der Waals surface area (Å²) in [4.78, 5) is 14.8. The highest BCUT2D eigenvalue weighted by Crippen LogP contribution is 2.30. The predicted molar refractivity (Wildman–Crippen MR) is 121 cm³/mol. The van der Waals surface area contributed by atoms with Gasteiger partial charge in [0, 0.05) is 33.4 Å². The summed E-state index contributed by atoms with van der Waals surface area (Å²) in [5, 5.41) is 1.06. The second-order valence-electron chi connectivity index (χ2n) is 6.86. The van der Waals surface area contributed by atoms with Crippen molar-refractivity contribution in [3.05, 3.63) is 93.5 Å². The highest BCUT2D eigenvalue weighted by atomic mass is 35.5. The van der Waals surface area contributed by atoms with Gasteiger partial charge in [-0.3, -0.25) is 4.79 Å². The van der Waals surface area contributed by atoms with E-state index >= 15 is 0 Å². The summed E-state index contributed by atoms with van der Waals surface area (Å²) < 4.78 is 11.1. The number of benzene rings is 3. The largest absolute Gasteiger partial charge is 0.497 e. The van der Waals surface area contributed by atoms with Gasteiger partial charge < -0.3 is 14.4 Å². The first-order valence-electron chi connectivity index (χ1n) is 9.35. The SMILES string of the molecule is COc1ccc(N2COc3ccc(C(=O)/C=C/c4ccc(Cl)cc4Cl)cc3C2)cc1. The molecule has 4 rings (SSSR count). The van der Waals surface area contributed by atoms with Crippen molar-refractivity contribution in [1.82, 2.24) is 0 Å². The zero-order valence-electron chi connectivity index (χ0n) is 16.3.